The molecule has 2 amide bonds. The summed E-state index contributed by atoms with van der Waals surface area (Å²) in [6.07, 6.45) is 2.65. The number of nitrogens with zero attached hydrogens (tertiary/aromatic N) is 5. The maximum Gasteiger partial charge on any atom is 0.306 e. The van der Waals surface area contributed by atoms with E-state index in [-0.39, 0.29) is 12.3 Å². The zero-order chi connectivity index (χ0) is 26.1. The maximum absolute atomic E-state index is 12.6. The quantitative estimate of drug-likeness (QED) is 0.386. The number of pyridine rings is 1. The Bertz CT molecular complexity index is 1510. The predicted molar refractivity (Wildman–Crippen MR) is 138 cm³/mol. The van der Waals surface area contributed by atoms with Gasteiger partial charge in [-0.2, -0.15) is 0 Å². The van der Waals surface area contributed by atoms with Crippen molar-refractivity contribution in [1.29, 1.82) is 0 Å². The van der Waals surface area contributed by atoms with Gasteiger partial charge in [-0.25, -0.2) is 14.5 Å². The van der Waals surface area contributed by atoms with Crippen LogP contribution in [0.3, 0.4) is 0 Å². The minimum Gasteiger partial charge on any atom is -0.453 e. The van der Waals surface area contributed by atoms with Crippen molar-refractivity contribution in [1.82, 2.24) is 19.6 Å². The number of amides is 2. The standard InChI is InChI=1S/C27H28N6O4/c1-16-21(17(2)33-26(29-16)22-6-4-14-28-25(22)31-33)12-13-24(35)37-18(3)27(36)30-19-8-10-20(11-9-19)32-15-5-7-23(32)34/h4,6,8-11,14,18H,5,7,12-13,15H2,1-3H3,(H,30,36). The van der Waals surface area contributed by atoms with Crippen molar-refractivity contribution in [3.05, 3.63) is 59.5 Å². The molecule has 5 rings (SSSR count). The van der Waals surface area contributed by atoms with Gasteiger partial charge in [0.1, 0.15) is 0 Å². The Morgan fingerprint density at radius 2 is 1.95 bits per heavy atom. The van der Waals surface area contributed by atoms with Gasteiger partial charge in [-0.1, -0.05) is 0 Å². The van der Waals surface area contributed by atoms with Crippen LogP contribution in [0.1, 0.15) is 43.1 Å². The van der Waals surface area contributed by atoms with Gasteiger partial charge in [0.15, 0.2) is 17.4 Å². The third-order valence-electron chi connectivity index (χ3n) is 6.66. The van der Waals surface area contributed by atoms with Gasteiger partial charge in [-0.3, -0.25) is 14.4 Å². The molecule has 4 aromatic rings. The lowest BCUT2D eigenvalue weighted by atomic mass is 10.1. The molecule has 3 aromatic heterocycles. The Morgan fingerprint density at radius 3 is 2.68 bits per heavy atom. The summed E-state index contributed by atoms with van der Waals surface area (Å²) in [4.78, 5) is 47.7. The summed E-state index contributed by atoms with van der Waals surface area (Å²) in [5.41, 5.74) is 5.33. The number of ether oxygens (including phenoxy) is 1. The summed E-state index contributed by atoms with van der Waals surface area (Å²) in [6.45, 7) is 6.09. The fraction of sp³-hybridized carbons (Fsp3) is 0.333. The smallest absolute Gasteiger partial charge is 0.306 e. The third kappa shape index (κ3) is 4.87. The van der Waals surface area contributed by atoms with E-state index >= 15 is 0 Å². The van der Waals surface area contributed by atoms with Gasteiger partial charge < -0.3 is 15.0 Å². The van der Waals surface area contributed by atoms with Crippen LogP contribution in [0.4, 0.5) is 11.4 Å². The van der Waals surface area contributed by atoms with E-state index in [1.54, 1.807) is 39.9 Å². The second-order valence-corrected chi connectivity index (χ2v) is 9.19. The number of hydrogen-bond acceptors (Lipinski definition) is 7. The fourth-order valence-electron chi connectivity index (χ4n) is 4.65. The minimum atomic E-state index is -0.961. The van der Waals surface area contributed by atoms with E-state index in [1.165, 1.54) is 6.92 Å². The van der Waals surface area contributed by atoms with Gasteiger partial charge in [-0.15, -0.1) is 5.10 Å². The zero-order valence-corrected chi connectivity index (χ0v) is 21.0. The van der Waals surface area contributed by atoms with Crippen LogP contribution in [0.15, 0.2) is 42.6 Å². The number of carbonyl (C=O) groups excluding carboxylic acids is 3. The van der Waals surface area contributed by atoms with Crippen molar-refractivity contribution in [3.8, 4) is 0 Å². The molecule has 0 aliphatic carbocycles. The average Bonchev–Trinajstić information content (AvgIpc) is 3.48. The van der Waals surface area contributed by atoms with Gasteiger partial charge in [0.05, 0.1) is 5.39 Å². The van der Waals surface area contributed by atoms with Crippen LogP contribution in [0.25, 0.3) is 16.7 Å². The highest BCUT2D eigenvalue weighted by molar-refractivity contribution is 5.97. The molecule has 1 aliphatic heterocycles. The number of benzene rings is 1. The zero-order valence-electron chi connectivity index (χ0n) is 21.0. The topological polar surface area (TPSA) is 119 Å². The number of esters is 1. The molecule has 10 nitrogen and oxygen atoms in total. The summed E-state index contributed by atoms with van der Waals surface area (Å²) in [5, 5.41) is 8.17. The normalized spacial score (nSPS) is 14.4. The summed E-state index contributed by atoms with van der Waals surface area (Å²) in [7, 11) is 0. The first-order chi connectivity index (χ1) is 17.8. The lowest BCUT2D eigenvalue weighted by molar-refractivity contribution is -0.153. The number of nitrogens with one attached hydrogen (secondary N) is 1. The van der Waals surface area contributed by atoms with Gasteiger partial charge >= 0.3 is 5.97 Å². The molecule has 1 fully saturated rings. The summed E-state index contributed by atoms with van der Waals surface area (Å²) in [5.74, 6) is -0.797. The van der Waals surface area contributed by atoms with Crippen molar-refractivity contribution in [2.75, 3.05) is 16.8 Å². The summed E-state index contributed by atoms with van der Waals surface area (Å²) in [6, 6.07) is 10.8. The second kappa shape index (κ2) is 9.96. The highest BCUT2D eigenvalue weighted by Crippen LogP contribution is 2.24. The highest BCUT2D eigenvalue weighted by Gasteiger charge is 2.22. The van der Waals surface area contributed by atoms with Crippen LogP contribution >= 0.6 is 0 Å². The number of carbonyl (C=O) groups is 3. The molecule has 0 saturated carbocycles. The molecule has 1 N–H and O–H groups in total. The first-order valence-corrected chi connectivity index (χ1v) is 12.3. The van der Waals surface area contributed by atoms with Crippen molar-refractivity contribution >= 4 is 45.8 Å². The molecule has 1 saturated heterocycles. The average molecular weight is 501 g/mol. The van der Waals surface area contributed by atoms with Gasteiger partial charge in [-0.05, 0) is 75.6 Å². The molecule has 1 aromatic carbocycles. The van der Waals surface area contributed by atoms with E-state index in [0.29, 0.717) is 30.7 Å². The van der Waals surface area contributed by atoms with E-state index in [4.69, 9.17) is 9.72 Å². The van der Waals surface area contributed by atoms with Crippen LogP contribution in [0, 0.1) is 13.8 Å². The Labute approximate surface area is 213 Å². The van der Waals surface area contributed by atoms with Crippen molar-refractivity contribution < 1.29 is 19.1 Å². The Balaban J connectivity index is 1.18. The highest BCUT2D eigenvalue weighted by atomic mass is 16.5. The van der Waals surface area contributed by atoms with E-state index in [9.17, 15) is 14.4 Å². The number of anilines is 2. The molecule has 0 radical (unpaired) electrons. The summed E-state index contributed by atoms with van der Waals surface area (Å²) >= 11 is 0. The van der Waals surface area contributed by atoms with Crippen LogP contribution < -0.4 is 10.2 Å². The van der Waals surface area contributed by atoms with E-state index < -0.39 is 18.0 Å². The van der Waals surface area contributed by atoms with E-state index in [0.717, 1.165) is 40.1 Å². The van der Waals surface area contributed by atoms with Crippen molar-refractivity contribution in [2.24, 2.45) is 0 Å². The largest absolute Gasteiger partial charge is 0.453 e. The molecule has 0 bridgehead atoms. The SMILES string of the molecule is Cc1nc2c3cccnc3nn2c(C)c1CCC(=O)OC(C)C(=O)Nc1ccc(N2CCCC2=O)cc1. The molecule has 1 unspecified atom stereocenters. The Kier molecular flexibility index (Phi) is 6.56. The van der Waals surface area contributed by atoms with Crippen LogP contribution in [0.5, 0.6) is 0 Å². The monoisotopic (exact) mass is 500 g/mol. The third-order valence-corrected chi connectivity index (χ3v) is 6.66. The lowest BCUT2D eigenvalue weighted by Gasteiger charge is -2.17. The molecular formula is C27H28N6O4. The number of hydrogen-bond donors (Lipinski definition) is 1. The van der Waals surface area contributed by atoms with Gasteiger partial charge in [0, 0.05) is 48.3 Å². The summed E-state index contributed by atoms with van der Waals surface area (Å²) < 4.78 is 7.14. The fourth-order valence-corrected chi connectivity index (χ4v) is 4.65. The number of rotatable bonds is 7. The molecule has 1 aliphatic rings. The van der Waals surface area contributed by atoms with Crippen LogP contribution in [-0.4, -0.2) is 50.0 Å². The molecule has 10 heteroatoms. The maximum atomic E-state index is 12.6. The molecule has 1 atom stereocenters. The number of aromatic nitrogens is 4. The Hall–Kier alpha value is -4.34. The van der Waals surface area contributed by atoms with Crippen molar-refractivity contribution in [2.45, 2.75) is 52.6 Å². The van der Waals surface area contributed by atoms with Gasteiger partial charge in [0.25, 0.3) is 5.91 Å². The molecule has 190 valence electrons. The number of fused-ring (bicyclic) bond motifs is 3. The number of aryl methyl sites for hydroxylation is 2. The molecular weight excluding hydrogens is 472 g/mol. The van der Waals surface area contributed by atoms with Crippen molar-refractivity contribution in [3.63, 3.8) is 0 Å². The minimum absolute atomic E-state index is 0.101. The second-order valence-electron chi connectivity index (χ2n) is 9.19. The van der Waals surface area contributed by atoms with Crippen LogP contribution in [0.2, 0.25) is 0 Å². The van der Waals surface area contributed by atoms with E-state index in [1.807, 2.05) is 26.0 Å². The first-order valence-electron chi connectivity index (χ1n) is 12.3. The predicted octanol–water partition coefficient (Wildman–Crippen LogP) is 3.52. The Morgan fingerprint density at radius 1 is 1.16 bits per heavy atom. The first kappa shape index (κ1) is 24.4. The molecule has 4 heterocycles. The lowest BCUT2D eigenvalue weighted by Crippen LogP contribution is -2.30. The van der Waals surface area contributed by atoms with Crippen LogP contribution in [-0.2, 0) is 25.5 Å². The molecule has 37 heavy (non-hydrogen) atoms. The van der Waals surface area contributed by atoms with Gasteiger partial charge in [0.2, 0.25) is 5.91 Å². The molecule has 0 spiro atoms. The van der Waals surface area contributed by atoms with E-state index in [2.05, 4.69) is 15.4 Å².